The molecule has 9 nitrogen and oxygen atoms in total. The standard InChI is InChI=1S/C25H29ClF3N7O2S/c1-2-39(37,38)36-10-6-18(7-11-36)32-24-30-13-19(25(27,28)29)23(33-24)21-15-35(16-31-21)22-5-4-17(12-20(22)26)14-34-8-3-9-34/h4-5,12-13,15-16,18H,2-3,6-11,14H2,1H3,(H,30,32,33). The van der Waals surface area contributed by atoms with Gasteiger partial charge in [-0.3, -0.25) is 4.90 Å². The van der Waals surface area contributed by atoms with Crippen molar-refractivity contribution in [2.24, 2.45) is 0 Å². The number of aromatic nitrogens is 4. The minimum Gasteiger partial charge on any atom is -0.351 e. The van der Waals surface area contributed by atoms with Gasteiger partial charge in [0.2, 0.25) is 16.0 Å². The maximum absolute atomic E-state index is 13.9. The molecule has 0 atom stereocenters. The van der Waals surface area contributed by atoms with Crippen LogP contribution in [0.15, 0.2) is 36.9 Å². The quantitative estimate of drug-likeness (QED) is 0.419. The van der Waals surface area contributed by atoms with E-state index in [4.69, 9.17) is 11.6 Å². The number of imidazole rings is 1. The third kappa shape index (κ3) is 6.21. The zero-order valence-corrected chi connectivity index (χ0v) is 22.9. The van der Waals surface area contributed by atoms with Crippen molar-refractivity contribution in [2.45, 2.75) is 44.9 Å². The van der Waals surface area contributed by atoms with Gasteiger partial charge >= 0.3 is 6.18 Å². The molecule has 4 heterocycles. The van der Waals surface area contributed by atoms with Crippen LogP contribution in [0.3, 0.4) is 0 Å². The molecule has 0 aliphatic carbocycles. The largest absolute Gasteiger partial charge is 0.420 e. The number of nitrogens with one attached hydrogen (secondary N) is 1. The van der Waals surface area contributed by atoms with E-state index in [1.807, 2.05) is 18.2 Å². The molecule has 2 fully saturated rings. The fourth-order valence-corrected chi connectivity index (χ4v) is 6.16. The third-order valence-electron chi connectivity index (χ3n) is 7.11. The lowest BCUT2D eigenvalue weighted by Crippen LogP contribution is -2.43. The molecule has 3 aromatic rings. The first-order valence-corrected chi connectivity index (χ1v) is 14.8. The summed E-state index contributed by atoms with van der Waals surface area (Å²) in [5.74, 6) is 0.0506. The summed E-state index contributed by atoms with van der Waals surface area (Å²) in [5, 5.41) is 3.53. The maximum atomic E-state index is 13.9. The molecular formula is C25H29ClF3N7O2S. The van der Waals surface area contributed by atoms with E-state index in [2.05, 4.69) is 25.2 Å². The molecule has 210 valence electrons. The van der Waals surface area contributed by atoms with Crippen LogP contribution in [0.2, 0.25) is 5.02 Å². The lowest BCUT2D eigenvalue weighted by Gasteiger charge is -2.31. The van der Waals surface area contributed by atoms with Crippen LogP contribution < -0.4 is 5.32 Å². The van der Waals surface area contributed by atoms with Gasteiger partial charge in [-0.25, -0.2) is 27.7 Å². The van der Waals surface area contributed by atoms with Crippen LogP contribution in [0.4, 0.5) is 19.1 Å². The Hall–Kier alpha value is -2.74. The van der Waals surface area contributed by atoms with E-state index in [1.165, 1.54) is 23.3 Å². The van der Waals surface area contributed by atoms with Gasteiger partial charge in [-0.05, 0) is 57.0 Å². The number of benzene rings is 1. The van der Waals surface area contributed by atoms with Gasteiger partial charge in [-0.1, -0.05) is 17.7 Å². The summed E-state index contributed by atoms with van der Waals surface area (Å²) in [6.45, 7) is 5.15. The molecule has 0 saturated carbocycles. The average molecular weight is 584 g/mol. The molecule has 2 aliphatic rings. The molecule has 1 N–H and O–H groups in total. The Bertz CT molecular complexity index is 1440. The zero-order valence-electron chi connectivity index (χ0n) is 21.3. The molecule has 0 spiro atoms. The van der Waals surface area contributed by atoms with Crippen molar-refractivity contribution < 1.29 is 21.6 Å². The second-order valence-electron chi connectivity index (χ2n) is 9.75. The SMILES string of the molecule is CCS(=O)(=O)N1CCC(Nc2ncc(C(F)(F)F)c(-c3cn(-c4ccc(CN5CCC5)cc4Cl)cn3)n2)CC1. The molecule has 39 heavy (non-hydrogen) atoms. The van der Waals surface area contributed by atoms with Crippen molar-refractivity contribution in [3.05, 3.63) is 53.1 Å². The number of halogens is 4. The molecule has 0 bridgehead atoms. The van der Waals surface area contributed by atoms with E-state index in [-0.39, 0.29) is 29.1 Å². The van der Waals surface area contributed by atoms with E-state index in [9.17, 15) is 21.6 Å². The highest BCUT2D eigenvalue weighted by molar-refractivity contribution is 7.89. The van der Waals surface area contributed by atoms with E-state index in [1.54, 1.807) is 11.5 Å². The average Bonchev–Trinajstić information content (AvgIpc) is 3.36. The fraction of sp³-hybridized carbons (Fsp3) is 0.480. The van der Waals surface area contributed by atoms with Crippen LogP contribution >= 0.6 is 11.6 Å². The van der Waals surface area contributed by atoms with Gasteiger partial charge in [0.25, 0.3) is 0 Å². The summed E-state index contributed by atoms with van der Waals surface area (Å²) in [4.78, 5) is 14.6. The Morgan fingerprint density at radius 3 is 2.49 bits per heavy atom. The zero-order chi connectivity index (χ0) is 27.8. The topological polar surface area (TPSA) is 96.2 Å². The molecule has 0 radical (unpaired) electrons. The van der Waals surface area contributed by atoms with Gasteiger partial charge in [0.15, 0.2) is 0 Å². The number of anilines is 1. The highest BCUT2D eigenvalue weighted by Crippen LogP contribution is 2.36. The van der Waals surface area contributed by atoms with E-state index in [0.717, 1.165) is 31.4 Å². The van der Waals surface area contributed by atoms with Gasteiger partial charge in [0.05, 0.1) is 16.5 Å². The predicted octanol–water partition coefficient (Wildman–Crippen LogP) is 4.43. The Labute approximate surface area is 230 Å². The number of hydrogen-bond donors (Lipinski definition) is 1. The summed E-state index contributed by atoms with van der Waals surface area (Å²) < 4.78 is 68.8. The Balaban J connectivity index is 1.36. The molecule has 2 aromatic heterocycles. The number of likely N-dealkylation sites (tertiary alicyclic amines) is 1. The summed E-state index contributed by atoms with van der Waals surface area (Å²) in [5.41, 5.74) is 0.330. The summed E-state index contributed by atoms with van der Waals surface area (Å²) >= 11 is 6.53. The smallest absolute Gasteiger partial charge is 0.351 e. The van der Waals surface area contributed by atoms with Crippen molar-refractivity contribution >= 4 is 27.6 Å². The van der Waals surface area contributed by atoms with Gasteiger partial charge in [-0.2, -0.15) is 13.2 Å². The molecule has 0 unspecified atom stereocenters. The van der Waals surface area contributed by atoms with E-state index < -0.39 is 21.8 Å². The molecule has 0 amide bonds. The third-order valence-corrected chi connectivity index (χ3v) is 9.29. The van der Waals surface area contributed by atoms with Crippen LogP contribution in [0, 0.1) is 0 Å². The number of piperidine rings is 1. The van der Waals surface area contributed by atoms with Crippen LogP contribution in [-0.2, 0) is 22.7 Å². The van der Waals surface area contributed by atoms with Crippen LogP contribution in [0.1, 0.15) is 37.3 Å². The normalized spacial score (nSPS) is 17.8. The predicted molar refractivity (Wildman–Crippen MR) is 142 cm³/mol. The number of sulfonamides is 1. The summed E-state index contributed by atoms with van der Waals surface area (Å²) in [6, 6.07) is 5.46. The molecule has 2 saturated heterocycles. The summed E-state index contributed by atoms with van der Waals surface area (Å²) in [6.07, 6.45) is 1.09. The second-order valence-corrected chi connectivity index (χ2v) is 12.4. The van der Waals surface area contributed by atoms with E-state index in [0.29, 0.717) is 36.6 Å². The van der Waals surface area contributed by atoms with Gasteiger partial charge in [0.1, 0.15) is 23.3 Å². The highest BCUT2D eigenvalue weighted by atomic mass is 35.5. The van der Waals surface area contributed by atoms with Crippen molar-refractivity contribution in [1.29, 1.82) is 0 Å². The Kier molecular flexibility index (Phi) is 7.86. The molecule has 14 heteroatoms. The van der Waals surface area contributed by atoms with E-state index >= 15 is 0 Å². The second kappa shape index (κ2) is 11.0. The first-order chi connectivity index (χ1) is 18.5. The highest BCUT2D eigenvalue weighted by Gasteiger charge is 2.36. The van der Waals surface area contributed by atoms with Crippen LogP contribution in [0.25, 0.3) is 17.1 Å². The first kappa shape index (κ1) is 27.8. The van der Waals surface area contributed by atoms with Crippen molar-refractivity contribution in [1.82, 2.24) is 28.7 Å². The van der Waals surface area contributed by atoms with Crippen LogP contribution in [-0.4, -0.2) is 75.1 Å². The lowest BCUT2D eigenvalue weighted by atomic mass is 10.1. The van der Waals surface area contributed by atoms with Gasteiger partial charge in [-0.15, -0.1) is 0 Å². The molecule has 1 aromatic carbocycles. The molecule has 2 aliphatic heterocycles. The summed E-state index contributed by atoms with van der Waals surface area (Å²) in [7, 11) is -3.29. The minimum atomic E-state index is -4.69. The monoisotopic (exact) mass is 583 g/mol. The molecule has 5 rings (SSSR count). The van der Waals surface area contributed by atoms with Crippen molar-refractivity contribution in [2.75, 3.05) is 37.2 Å². The molecular weight excluding hydrogens is 555 g/mol. The lowest BCUT2D eigenvalue weighted by molar-refractivity contribution is -0.137. The van der Waals surface area contributed by atoms with Crippen LogP contribution in [0.5, 0.6) is 0 Å². The van der Waals surface area contributed by atoms with Crippen molar-refractivity contribution in [3.8, 4) is 17.1 Å². The first-order valence-electron chi connectivity index (χ1n) is 12.8. The number of alkyl halides is 3. The fourth-order valence-electron chi connectivity index (χ4n) is 4.73. The Morgan fingerprint density at radius 2 is 1.87 bits per heavy atom. The number of rotatable bonds is 8. The Morgan fingerprint density at radius 1 is 1.13 bits per heavy atom. The van der Waals surface area contributed by atoms with Gasteiger partial charge in [0, 0.05) is 38.1 Å². The number of hydrogen-bond acceptors (Lipinski definition) is 7. The number of nitrogens with zero attached hydrogens (tertiary/aromatic N) is 6. The maximum Gasteiger partial charge on any atom is 0.420 e. The van der Waals surface area contributed by atoms with Crippen molar-refractivity contribution in [3.63, 3.8) is 0 Å². The minimum absolute atomic E-state index is 0.0249. The van der Waals surface area contributed by atoms with Gasteiger partial charge < -0.3 is 9.88 Å².